The second-order valence-electron chi connectivity index (χ2n) is 8.43. The van der Waals surface area contributed by atoms with Crippen molar-refractivity contribution in [2.24, 2.45) is 7.05 Å². The number of anilines is 1. The first-order chi connectivity index (χ1) is 12.6. The smallest absolute Gasteiger partial charge is 0.410 e. The molecule has 0 bridgehead atoms. The third-order valence-corrected chi connectivity index (χ3v) is 5.24. The molecule has 1 aliphatic rings. The molecule has 1 aliphatic heterocycles. The van der Waals surface area contributed by atoms with Crippen LogP contribution in [0.2, 0.25) is 0 Å². The van der Waals surface area contributed by atoms with Gasteiger partial charge in [0.25, 0.3) is 0 Å². The number of aromatic nitrogens is 2. The van der Waals surface area contributed by atoms with E-state index in [0.29, 0.717) is 0 Å². The summed E-state index contributed by atoms with van der Waals surface area (Å²) in [6.07, 6.45) is 1.46. The van der Waals surface area contributed by atoms with Crippen molar-refractivity contribution in [2.75, 3.05) is 25.0 Å². The Kier molecular flexibility index (Phi) is 4.97. The average molecular weight is 374 g/mol. The van der Waals surface area contributed by atoms with Crippen LogP contribution in [0.5, 0.6) is 0 Å². The van der Waals surface area contributed by atoms with E-state index in [2.05, 4.69) is 16.8 Å². The lowest BCUT2D eigenvalue weighted by molar-refractivity contribution is 0.0201. The number of aromatic amines is 1. The number of benzene rings is 1. The number of hydrogen-bond donors (Lipinski definition) is 1. The van der Waals surface area contributed by atoms with Gasteiger partial charge in [-0.1, -0.05) is 6.07 Å². The number of hydrogen-bond acceptors (Lipinski definition) is 4. The van der Waals surface area contributed by atoms with Gasteiger partial charge in [-0.3, -0.25) is 4.57 Å². The molecule has 2 heterocycles. The van der Waals surface area contributed by atoms with Crippen molar-refractivity contribution in [1.82, 2.24) is 14.5 Å². The van der Waals surface area contributed by atoms with E-state index in [4.69, 9.17) is 4.74 Å². The molecule has 0 atom stereocenters. The zero-order valence-corrected chi connectivity index (χ0v) is 17.1. The highest BCUT2D eigenvalue weighted by Gasteiger charge is 2.29. The van der Waals surface area contributed by atoms with Crippen LogP contribution in [0, 0.1) is 6.92 Å². The minimum Gasteiger partial charge on any atom is -0.444 e. The summed E-state index contributed by atoms with van der Waals surface area (Å²) in [6, 6.07) is 4.16. The molecule has 1 aromatic carbocycles. The standard InChI is InChI=1S/C20H30N4O3/c1-13-7-8-15-17(23(6)18(25)21-15)16(13)24-11-9-14(10-12-24)22(5)19(26)27-20(2,3)4/h7-8,14H,9-12H2,1-6H3,(H,21,25). The number of fused-ring (bicyclic) bond motifs is 1. The van der Waals surface area contributed by atoms with E-state index in [1.54, 1.807) is 16.5 Å². The van der Waals surface area contributed by atoms with Crippen LogP contribution in [0.3, 0.4) is 0 Å². The van der Waals surface area contributed by atoms with Crippen LogP contribution < -0.4 is 10.6 Å². The van der Waals surface area contributed by atoms with Crippen molar-refractivity contribution < 1.29 is 9.53 Å². The molecule has 0 saturated carbocycles. The number of rotatable bonds is 2. The number of piperidine rings is 1. The van der Waals surface area contributed by atoms with Gasteiger partial charge in [0, 0.05) is 33.2 Å². The maximum atomic E-state index is 12.3. The van der Waals surface area contributed by atoms with Gasteiger partial charge >= 0.3 is 11.8 Å². The molecule has 1 saturated heterocycles. The van der Waals surface area contributed by atoms with Crippen LogP contribution in [0.25, 0.3) is 11.0 Å². The first-order valence-electron chi connectivity index (χ1n) is 9.47. The van der Waals surface area contributed by atoms with Gasteiger partial charge in [0.2, 0.25) is 0 Å². The number of ether oxygens (including phenoxy) is 1. The van der Waals surface area contributed by atoms with Gasteiger partial charge in [-0.15, -0.1) is 0 Å². The van der Waals surface area contributed by atoms with Crippen molar-refractivity contribution in [1.29, 1.82) is 0 Å². The van der Waals surface area contributed by atoms with Crippen molar-refractivity contribution >= 4 is 22.8 Å². The Morgan fingerprint density at radius 2 is 1.89 bits per heavy atom. The molecule has 1 amide bonds. The molecule has 1 N–H and O–H groups in total. The third-order valence-electron chi connectivity index (χ3n) is 5.24. The SMILES string of the molecule is Cc1ccc2[nH]c(=O)n(C)c2c1N1CCC(N(C)C(=O)OC(C)(C)C)CC1. The number of imidazole rings is 1. The van der Waals surface area contributed by atoms with E-state index in [0.717, 1.165) is 48.2 Å². The quantitative estimate of drug-likeness (QED) is 0.877. The molecule has 148 valence electrons. The molecule has 3 rings (SSSR count). The van der Waals surface area contributed by atoms with Gasteiger partial charge in [-0.25, -0.2) is 9.59 Å². The highest BCUT2D eigenvalue weighted by atomic mass is 16.6. The topological polar surface area (TPSA) is 70.6 Å². The zero-order chi connectivity index (χ0) is 19.9. The minimum atomic E-state index is -0.488. The van der Waals surface area contributed by atoms with E-state index in [-0.39, 0.29) is 17.8 Å². The van der Waals surface area contributed by atoms with Crippen LogP contribution in [0.4, 0.5) is 10.5 Å². The van der Waals surface area contributed by atoms with Gasteiger partial charge in [0.15, 0.2) is 0 Å². The first-order valence-corrected chi connectivity index (χ1v) is 9.47. The minimum absolute atomic E-state index is 0.101. The second kappa shape index (κ2) is 6.94. The van der Waals surface area contributed by atoms with Gasteiger partial charge < -0.3 is 19.5 Å². The molecule has 27 heavy (non-hydrogen) atoms. The fourth-order valence-corrected chi connectivity index (χ4v) is 3.78. The molecule has 1 fully saturated rings. The van der Waals surface area contributed by atoms with Crippen LogP contribution in [-0.2, 0) is 11.8 Å². The molecule has 7 heteroatoms. The largest absolute Gasteiger partial charge is 0.444 e. The summed E-state index contributed by atoms with van der Waals surface area (Å²) in [5.41, 5.74) is 3.46. The Morgan fingerprint density at radius 3 is 2.48 bits per heavy atom. The molecule has 0 unspecified atom stereocenters. The lowest BCUT2D eigenvalue weighted by atomic mass is 10.0. The summed E-state index contributed by atoms with van der Waals surface area (Å²) in [4.78, 5) is 31.3. The summed E-state index contributed by atoms with van der Waals surface area (Å²) in [5.74, 6) is 0. The zero-order valence-electron chi connectivity index (χ0n) is 17.1. The molecule has 0 spiro atoms. The Morgan fingerprint density at radius 1 is 1.26 bits per heavy atom. The van der Waals surface area contributed by atoms with E-state index in [1.165, 1.54) is 0 Å². The van der Waals surface area contributed by atoms with E-state index >= 15 is 0 Å². The lowest BCUT2D eigenvalue weighted by Gasteiger charge is -2.39. The molecule has 0 aliphatic carbocycles. The van der Waals surface area contributed by atoms with E-state index < -0.39 is 5.60 Å². The number of nitrogens with zero attached hydrogens (tertiary/aromatic N) is 3. The molecule has 1 aromatic heterocycles. The Balaban J connectivity index is 1.77. The van der Waals surface area contributed by atoms with Gasteiger partial charge in [-0.05, 0) is 52.2 Å². The third kappa shape index (κ3) is 3.82. The lowest BCUT2D eigenvalue weighted by Crippen LogP contribution is -2.47. The van der Waals surface area contributed by atoms with Crippen LogP contribution in [0.1, 0.15) is 39.2 Å². The molecular formula is C20H30N4O3. The molecule has 7 nitrogen and oxygen atoms in total. The number of H-pyrrole nitrogens is 1. The predicted molar refractivity (Wildman–Crippen MR) is 108 cm³/mol. The maximum absolute atomic E-state index is 12.3. The fourth-order valence-electron chi connectivity index (χ4n) is 3.78. The normalized spacial score (nSPS) is 16.0. The van der Waals surface area contributed by atoms with Crippen LogP contribution in [0.15, 0.2) is 16.9 Å². The number of carbonyl (C=O) groups is 1. The number of nitrogens with one attached hydrogen (secondary N) is 1. The second-order valence-corrected chi connectivity index (χ2v) is 8.43. The van der Waals surface area contributed by atoms with Gasteiger partial charge in [0.1, 0.15) is 5.60 Å². The van der Waals surface area contributed by atoms with E-state index in [1.807, 2.05) is 40.0 Å². The highest BCUT2D eigenvalue weighted by Crippen LogP contribution is 2.32. The predicted octanol–water partition coefficient (Wildman–Crippen LogP) is 3.01. The maximum Gasteiger partial charge on any atom is 0.410 e. The number of amides is 1. The Hall–Kier alpha value is -2.44. The molecule has 2 aromatic rings. The van der Waals surface area contributed by atoms with Gasteiger partial charge in [-0.2, -0.15) is 0 Å². The van der Waals surface area contributed by atoms with Crippen LogP contribution >= 0.6 is 0 Å². The first kappa shape index (κ1) is 19.3. The van der Waals surface area contributed by atoms with E-state index in [9.17, 15) is 9.59 Å². The van der Waals surface area contributed by atoms with Crippen LogP contribution in [-0.4, -0.2) is 52.3 Å². The monoisotopic (exact) mass is 374 g/mol. The summed E-state index contributed by atoms with van der Waals surface area (Å²) in [7, 11) is 3.61. The molecule has 0 radical (unpaired) electrons. The summed E-state index contributed by atoms with van der Waals surface area (Å²) >= 11 is 0. The summed E-state index contributed by atoms with van der Waals surface area (Å²) in [6.45, 7) is 9.38. The average Bonchev–Trinajstić information content (AvgIpc) is 2.88. The Bertz CT molecular complexity index is 898. The van der Waals surface area contributed by atoms with Crippen molar-refractivity contribution in [3.05, 3.63) is 28.2 Å². The van der Waals surface area contributed by atoms with Crippen molar-refractivity contribution in [3.8, 4) is 0 Å². The van der Waals surface area contributed by atoms with Crippen molar-refractivity contribution in [2.45, 2.75) is 52.2 Å². The van der Waals surface area contributed by atoms with Gasteiger partial charge in [0.05, 0.1) is 16.7 Å². The fraction of sp³-hybridized carbons (Fsp3) is 0.600. The Labute approximate surface area is 159 Å². The summed E-state index contributed by atoms with van der Waals surface area (Å²) < 4.78 is 7.17. The highest BCUT2D eigenvalue weighted by molar-refractivity contribution is 5.91. The molecular weight excluding hydrogens is 344 g/mol. The number of carbonyl (C=O) groups excluding carboxylic acids is 1. The summed E-state index contributed by atoms with van der Waals surface area (Å²) in [5, 5.41) is 0. The van der Waals surface area contributed by atoms with Crippen molar-refractivity contribution in [3.63, 3.8) is 0 Å². The number of aryl methyl sites for hydroxylation is 2.